The van der Waals surface area contributed by atoms with Gasteiger partial charge in [-0.25, -0.2) is 0 Å². The zero-order valence-corrected chi connectivity index (χ0v) is 11.2. The van der Waals surface area contributed by atoms with Crippen LogP contribution in [0.3, 0.4) is 0 Å². The third-order valence-electron chi connectivity index (χ3n) is 3.13. The third kappa shape index (κ3) is 3.16. The van der Waals surface area contributed by atoms with E-state index in [-0.39, 0.29) is 6.42 Å². The maximum Gasteiger partial charge on any atom is 0.305 e. The monoisotopic (exact) mass is 271 g/mol. The van der Waals surface area contributed by atoms with E-state index in [1.807, 2.05) is 42.5 Å². The number of nitrogens with two attached hydrogens (primary N) is 1. The maximum atomic E-state index is 10.8. The van der Waals surface area contributed by atoms with Gasteiger partial charge in [0.2, 0.25) is 0 Å². The Morgan fingerprint density at radius 3 is 2.55 bits per heavy atom. The second-order valence-electron chi connectivity index (χ2n) is 4.53. The second-order valence-corrected chi connectivity index (χ2v) is 4.53. The molecule has 0 aliphatic rings. The molecule has 104 valence electrons. The van der Waals surface area contributed by atoms with E-state index in [0.29, 0.717) is 0 Å². The van der Waals surface area contributed by atoms with Crippen molar-refractivity contribution in [3.8, 4) is 16.9 Å². The summed E-state index contributed by atoms with van der Waals surface area (Å²) < 4.78 is 5.36. The Hall–Kier alpha value is -2.33. The summed E-state index contributed by atoms with van der Waals surface area (Å²) in [6.45, 7) is 0. The average molecular weight is 271 g/mol. The van der Waals surface area contributed by atoms with Crippen LogP contribution in [-0.4, -0.2) is 18.2 Å². The van der Waals surface area contributed by atoms with Gasteiger partial charge in [-0.2, -0.15) is 0 Å². The summed E-state index contributed by atoms with van der Waals surface area (Å²) >= 11 is 0. The van der Waals surface area contributed by atoms with Crippen molar-refractivity contribution in [1.82, 2.24) is 0 Å². The molecule has 0 aliphatic heterocycles. The highest BCUT2D eigenvalue weighted by Crippen LogP contribution is 2.32. The number of benzene rings is 2. The predicted octanol–water partition coefficient (Wildman–Crippen LogP) is 2.84. The van der Waals surface area contributed by atoms with Crippen LogP contribution in [-0.2, 0) is 4.79 Å². The molecule has 0 spiro atoms. The number of methoxy groups -OCH3 is 1. The lowest BCUT2D eigenvalue weighted by Gasteiger charge is -2.14. The summed E-state index contributed by atoms with van der Waals surface area (Å²) in [6.07, 6.45) is -0.0967. The Morgan fingerprint density at radius 1 is 1.25 bits per heavy atom. The van der Waals surface area contributed by atoms with Crippen LogP contribution in [0.5, 0.6) is 5.75 Å². The van der Waals surface area contributed by atoms with E-state index in [0.717, 1.165) is 22.4 Å². The van der Waals surface area contributed by atoms with Crippen molar-refractivity contribution in [1.29, 1.82) is 0 Å². The van der Waals surface area contributed by atoms with Gasteiger partial charge in [-0.1, -0.05) is 36.4 Å². The molecule has 20 heavy (non-hydrogen) atoms. The van der Waals surface area contributed by atoms with Crippen molar-refractivity contribution >= 4 is 5.97 Å². The van der Waals surface area contributed by atoms with Gasteiger partial charge < -0.3 is 15.6 Å². The first-order valence-corrected chi connectivity index (χ1v) is 6.32. The van der Waals surface area contributed by atoms with E-state index in [1.54, 1.807) is 13.2 Å². The Morgan fingerprint density at radius 2 is 1.95 bits per heavy atom. The fourth-order valence-corrected chi connectivity index (χ4v) is 2.11. The molecule has 0 bridgehead atoms. The van der Waals surface area contributed by atoms with Crippen LogP contribution in [0.2, 0.25) is 0 Å². The van der Waals surface area contributed by atoms with E-state index in [9.17, 15) is 4.79 Å². The van der Waals surface area contributed by atoms with Crippen LogP contribution in [0, 0.1) is 0 Å². The van der Waals surface area contributed by atoms with E-state index in [4.69, 9.17) is 15.6 Å². The number of hydrogen-bond acceptors (Lipinski definition) is 3. The van der Waals surface area contributed by atoms with Crippen LogP contribution in [0.4, 0.5) is 0 Å². The van der Waals surface area contributed by atoms with Crippen molar-refractivity contribution in [2.45, 2.75) is 12.5 Å². The van der Waals surface area contributed by atoms with E-state index >= 15 is 0 Å². The lowest BCUT2D eigenvalue weighted by molar-refractivity contribution is -0.137. The minimum atomic E-state index is -0.908. The molecule has 2 aromatic carbocycles. The molecule has 0 heterocycles. The molecule has 4 nitrogen and oxygen atoms in total. The predicted molar refractivity (Wildman–Crippen MR) is 77.6 cm³/mol. The molecule has 2 aromatic rings. The average Bonchev–Trinajstić information content (AvgIpc) is 2.46. The van der Waals surface area contributed by atoms with Gasteiger partial charge in [0, 0.05) is 11.6 Å². The SMILES string of the molecule is COc1ccc(C(N)CC(=O)O)cc1-c1ccccc1. The van der Waals surface area contributed by atoms with Gasteiger partial charge in [-0.15, -0.1) is 0 Å². The van der Waals surface area contributed by atoms with Crippen molar-refractivity contribution < 1.29 is 14.6 Å². The molecule has 0 fully saturated rings. The number of hydrogen-bond donors (Lipinski definition) is 2. The van der Waals surface area contributed by atoms with Crippen molar-refractivity contribution in [2.75, 3.05) is 7.11 Å². The van der Waals surface area contributed by atoms with Crippen molar-refractivity contribution in [3.05, 3.63) is 54.1 Å². The van der Waals surface area contributed by atoms with Crippen molar-refractivity contribution in [3.63, 3.8) is 0 Å². The van der Waals surface area contributed by atoms with Crippen LogP contribution in [0.25, 0.3) is 11.1 Å². The van der Waals surface area contributed by atoms with Crippen LogP contribution in [0.1, 0.15) is 18.0 Å². The van der Waals surface area contributed by atoms with Gasteiger partial charge in [0.1, 0.15) is 5.75 Å². The van der Waals surface area contributed by atoms with Gasteiger partial charge in [0.15, 0.2) is 0 Å². The van der Waals surface area contributed by atoms with Gasteiger partial charge in [0.05, 0.1) is 13.5 Å². The summed E-state index contributed by atoms with van der Waals surface area (Å²) in [6, 6.07) is 14.8. The number of rotatable bonds is 5. The molecule has 0 aliphatic carbocycles. The number of carboxylic acids is 1. The molecule has 3 N–H and O–H groups in total. The molecule has 0 saturated carbocycles. The first kappa shape index (κ1) is 14.1. The highest BCUT2D eigenvalue weighted by atomic mass is 16.5. The van der Waals surface area contributed by atoms with Crippen molar-refractivity contribution in [2.24, 2.45) is 5.73 Å². The maximum absolute atomic E-state index is 10.8. The van der Waals surface area contributed by atoms with E-state index in [2.05, 4.69) is 0 Å². The van der Waals surface area contributed by atoms with Gasteiger partial charge in [0.25, 0.3) is 0 Å². The summed E-state index contributed by atoms with van der Waals surface area (Å²) in [5, 5.41) is 8.83. The highest BCUT2D eigenvalue weighted by molar-refractivity contribution is 5.72. The van der Waals surface area contributed by atoms with Crippen LogP contribution >= 0.6 is 0 Å². The molecular formula is C16H17NO3. The summed E-state index contributed by atoms with van der Waals surface area (Å²) in [7, 11) is 1.61. The zero-order valence-electron chi connectivity index (χ0n) is 11.2. The quantitative estimate of drug-likeness (QED) is 0.877. The lowest BCUT2D eigenvalue weighted by atomic mass is 9.97. The van der Waals surface area contributed by atoms with E-state index < -0.39 is 12.0 Å². The number of ether oxygens (including phenoxy) is 1. The summed E-state index contributed by atoms with van der Waals surface area (Å²) in [5.41, 5.74) is 8.61. The highest BCUT2D eigenvalue weighted by Gasteiger charge is 2.14. The van der Waals surface area contributed by atoms with Gasteiger partial charge in [-0.3, -0.25) is 4.79 Å². The molecular weight excluding hydrogens is 254 g/mol. The molecule has 4 heteroatoms. The molecule has 0 aromatic heterocycles. The topological polar surface area (TPSA) is 72.5 Å². The fourth-order valence-electron chi connectivity index (χ4n) is 2.11. The number of carbonyl (C=O) groups is 1. The first-order valence-electron chi connectivity index (χ1n) is 6.32. The minimum Gasteiger partial charge on any atom is -0.496 e. The largest absolute Gasteiger partial charge is 0.496 e. The lowest BCUT2D eigenvalue weighted by Crippen LogP contribution is -2.15. The second kappa shape index (κ2) is 6.21. The summed E-state index contributed by atoms with van der Waals surface area (Å²) in [4.78, 5) is 10.8. The first-order chi connectivity index (χ1) is 9.61. The molecule has 2 rings (SSSR count). The Bertz CT molecular complexity index is 596. The Balaban J connectivity index is 2.42. The van der Waals surface area contributed by atoms with Crippen LogP contribution < -0.4 is 10.5 Å². The third-order valence-corrected chi connectivity index (χ3v) is 3.13. The molecule has 0 saturated heterocycles. The standard InChI is InChI=1S/C16H17NO3/c1-20-15-8-7-12(14(17)10-16(18)19)9-13(15)11-5-3-2-4-6-11/h2-9,14H,10,17H2,1H3,(H,18,19). The molecule has 0 radical (unpaired) electrons. The van der Waals surface area contributed by atoms with E-state index in [1.165, 1.54) is 0 Å². The molecule has 0 amide bonds. The van der Waals surface area contributed by atoms with Gasteiger partial charge in [-0.05, 0) is 23.3 Å². The smallest absolute Gasteiger partial charge is 0.305 e. The van der Waals surface area contributed by atoms with Crippen LogP contribution in [0.15, 0.2) is 48.5 Å². The minimum absolute atomic E-state index is 0.0967. The molecule has 1 atom stereocenters. The zero-order chi connectivity index (χ0) is 14.5. The Labute approximate surface area is 117 Å². The number of aliphatic carboxylic acids is 1. The van der Waals surface area contributed by atoms with Gasteiger partial charge >= 0.3 is 5.97 Å². The Kier molecular flexibility index (Phi) is 4.38. The fraction of sp³-hybridized carbons (Fsp3) is 0.188. The number of carboxylic acid groups (broad SMARTS) is 1. The normalized spacial score (nSPS) is 11.9. The summed E-state index contributed by atoms with van der Waals surface area (Å²) in [5.74, 6) is -0.169. The molecule has 1 unspecified atom stereocenters.